The van der Waals surface area contributed by atoms with Gasteiger partial charge in [-0.25, -0.2) is 4.98 Å². The van der Waals surface area contributed by atoms with Gasteiger partial charge in [-0.15, -0.1) is 11.3 Å². The van der Waals surface area contributed by atoms with Crippen molar-refractivity contribution < 1.29 is 4.79 Å². The average molecular weight is 413 g/mol. The summed E-state index contributed by atoms with van der Waals surface area (Å²) in [6.07, 6.45) is 7.31. The third-order valence-electron chi connectivity index (χ3n) is 6.80. The van der Waals surface area contributed by atoms with Gasteiger partial charge in [-0.05, 0) is 37.1 Å². The van der Waals surface area contributed by atoms with Gasteiger partial charge in [0.05, 0.1) is 12.1 Å². The van der Waals surface area contributed by atoms with Crippen LogP contribution in [-0.2, 0) is 24.2 Å². The molecule has 3 aliphatic rings. The molecule has 1 saturated heterocycles. The summed E-state index contributed by atoms with van der Waals surface area (Å²) < 4.78 is 0. The quantitative estimate of drug-likeness (QED) is 0.838. The monoisotopic (exact) mass is 412 g/mol. The van der Waals surface area contributed by atoms with Crippen molar-refractivity contribution in [3.8, 4) is 0 Å². The van der Waals surface area contributed by atoms with E-state index in [9.17, 15) is 9.59 Å². The van der Waals surface area contributed by atoms with Gasteiger partial charge in [0.25, 0.3) is 5.56 Å². The predicted molar refractivity (Wildman–Crippen MR) is 113 cm³/mol. The van der Waals surface area contributed by atoms with Crippen LogP contribution in [0, 0.1) is 0 Å². The van der Waals surface area contributed by atoms with Crippen molar-refractivity contribution in [3.63, 3.8) is 0 Å². The molecule has 4 heterocycles. The number of H-pyrrole nitrogens is 1. The number of nitrogens with one attached hydrogen (secondary N) is 1. The van der Waals surface area contributed by atoms with E-state index < -0.39 is 0 Å². The largest absolute Gasteiger partial charge is 0.342 e. The lowest BCUT2D eigenvalue weighted by Crippen LogP contribution is -2.41. The van der Waals surface area contributed by atoms with Crippen molar-refractivity contribution in [3.05, 3.63) is 49.8 Å². The van der Waals surface area contributed by atoms with E-state index in [2.05, 4.69) is 9.88 Å². The molecular weight excluding hydrogens is 384 g/mol. The molecular formula is C22H28N4O2S. The highest BCUT2D eigenvalue weighted by molar-refractivity contribution is 7.10. The lowest BCUT2D eigenvalue weighted by molar-refractivity contribution is -0.129. The van der Waals surface area contributed by atoms with Gasteiger partial charge in [-0.3, -0.25) is 14.5 Å². The van der Waals surface area contributed by atoms with Crippen LogP contribution in [0.15, 0.2) is 22.3 Å². The maximum absolute atomic E-state index is 12.7. The normalized spacial score (nSPS) is 22.9. The Hall–Kier alpha value is -1.99. The summed E-state index contributed by atoms with van der Waals surface area (Å²) in [5, 5.41) is 2.01. The van der Waals surface area contributed by atoms with E-state index in [1.54, 1.807) is 11.3 Å². The maximum Gasteiger partial charge on any atom is 0.254 e. The molecule has 1 atom stereocenters. The van der Waals surface area contributed by atoms with Crippen LogP contribution in [0.5, 0.6) is 0 Å². The topological polar surface area (TPSA) is 69.3 Å². The van der Waals surface area contributed by atoms with Gasteiger partial charge in [-0.2, -0.15) is 0 Å². The molecule has 29 heavy (non-hydrogen) atoms. The van der Waals surface area contributed by atoms with Crippen LogP contribution < -0.4 is 5.56 Å². The first-order valence-electron chi connectivity index (χ1n) is 10.8. The fourth-order valence-corrected chi connectivity index (χ4v) is 5.83. The van der Waals surface area contributed by atoms with Crippen LogP contribution in [0.4, 0.5) is 0 Å². The van der Waals surface area contributed by atoms with E-state index in [0.29, 0.717) is 19.0 Å². The Kier molecular flexibility index (Phi) is 5.26. The van der Waals surface area contributed by atoms with Crippen LogP contribution in [0.1, 0.15) is 60.0 Å². The maximum atomic E-state index is 12.7. The lowest BCUT2D eigenvalue weighted by atomic mass is 10.0. The Morgan fingerprint density at radius 1 is 1.24 bits per heavy atom. The van der Waals surface area contributed by atoms with Gasteiger partial charge in [-0.1, -0.05) is 18.9 Å². The number of hydrogen-bond acceptors (Lipinski definition) is 5. The molecule has 5 rings (SSSR count). The summed E-state index contributed by atoms with van der Waals surface area (Å²) in [6.45, 7) is 3.16. The van der Waals surface area contributed by atoms with Crippen molar-refractivity contribution in [2.24, 2.45) is 0 Å². The zero-order valence-electron chi connectivity index (χ0n) is 16.7. The highest BCUT2D eigenvalue weighted by Gasteiger charge is 2.32. The predicted octanol–water partition coefficient (Wildman–Crippen LogP) is 2.69. The Labute approximate surface area is 175 Å². The highest BCUT2D eigenvalue weighted by atomic mass is 32.1. The molecule has 0 spiro atoms. The van der Waals surface area contributed by atoms with Gasteiger partial charge in [0.2, 0.25) is 5.91 Å². The number of thiophene rings is 1. The van der Waals surface area contributed by atoms with Crippen LogP contribution >= 0.6 is 11.3 Å². The molecule has 1 aliphatic carbocycles. The number of fused-ring (bicyclic) bond motifs is 1. The molecule has 0 aromatic carbocycles. The van der Waals surface area contributed by atoms with E-state index in [1.807, 2.05) is 22.4 Å². The summed E-state index contributed by atoms with van der Waals surface area (Å²) in [6, 6.07) is 4.65. The molecule has 2 aliphatic heterocycles. The van der Waals surface area contributed by atoms with Gasteiger partial charge in [0, 0.05) is 48.6 Å². The number of aromatic amines is 1. The Balaban J connectivity index is 1.29. The summed E-state index contributed by atoms with van der Waals surface area (Å²) >= 11 is 1.62. The van der Waals surface area contributed by atoms with Gasteiger partial charge < -0.3 is 9.88 Å². The van der Waals surface area contributed by atoms with Crippen molar-refractivity contribution in [2.45, 2.75) is 63.5 Å². The molecule has 1 N–H and O–H groups in total. The summed E-state index contributed by atoms with van der Waals surface area (Å²) in [5.74, 6) is 1.07. The zero-order chi connectivity index (χ0) is 19.8. The molecule has 2 aromatic heterocycles. The first-order valence-corrected chi connectivity index (χ1v) is 11.7. The molecule has 1 unspecified atom stereocenters. The van der Waals surface area contributed by atoms with E-state index in [4.69, 9.17) is 4.98 Å². The lowest BCUT2D eigenvalue weighted by Gasteiger charge is -2.32. The standard InChI is InChI=1S/C22H28N4O2S/c27-20(12-17-6-3-11-29-17)26-9-7-15(13-26)21-23-19-14-25(16-4-1-2-5-16)10-8-18(19)22(28)24-21/h3,6,11,15-16H,1-2,4-5,7-10,12-14H2,(H,23,24,28). The summed E-state index contributed by atoms with van der Waals surface area (Å²) in [7, 11) is 0. The van der Waals surface area contributed by atoms with Crippen LogP contribution in [0.2, 0.25) is 0 Å². The molecule has 7 heteroatoms. The minimum absolute atomic E-state index is 0.0273. The van der Waals surface area contributed by atoms with Gasteiger partial charge >= 0.3 is 0 Å². The number of amides is 1. The van der Waals surface area contributed by atoms with Crippen LogP contribution in [0.25, 0.3) is 0 Å². The Morgan fingerprint density at radius 3 is 2.90 bits per heavy atom. The van der Waals surface area contributed by atoms with Gasteiger partial charge in [0.1, 0.15) is 5.82 Å². The van der Waals surface area contributed by atoms with Crippen LogP contribution in [-0.4, -0.2) is 51.4 Å². The molecule has 154 valence electrons. The number of aromatic nitrogens is 2. The molecule has 1 saturated carbocycles. The highest BCUT2D eigenvalue weighted by Crippen LogP contribution is 2.29. The van der Waals surface area contributed by atoms with Crippen LogP contribution in [0.3, 0.4) is 0 Å². The van der Waals surface area contributed by atoms with Crippen molar-refractivity contribution in [1.82, 2.24) is 19.8 Å². The number of likely N-dealkylation sites (tertiary alicyclic amines) is 1. The molecule has 0 bridgehead atoms. The fraction of sp³-hybridized carbons (Fsp3) is 0.591. The van der Waals surface area contributed by atoms with E-state index in [-0.39, 0.29) is 17.4 Å². The van der Waals surface area contributed by atoms with Gasteiger partial charge in [0.15, 0.2) is 0 Å². The van der Waals surface area contributed by atoms with Crippen molar-refractivity contribution >= 4 is 17.2 Å². The second-order valence-corrected chi connectivity index (χ2v) is 9.65. The smallest absolute Gasteiger partial charge is 0.254 e. The average Bonchev–Trinajstić information content (AvgIpc) is 3.49. The SMILES string of the molecule is O=C(Cc1cccs1)N1CCC(c2nc3c(c(=O)[nH]2)CCN(C2CCCC2)C3)C1. The molecule has 1 amide bonds. The number of carbonyl (C=O) groups is 1. The molecule has 0 radical (unpaired) electrons. The fourth-order valence-electron chi connectivity index (χ4n) is 5.14. The number of hydrogen-bond donors (Lipinski definition) is 1. The molecule has 2 aromatic rings. The van der Waals surface area contributed by atoms with E-state index in [0.717, 1.165) is 54.4 Å². The van der Waals surface area contributed by atoms with E-state index in [1.165, 1.54) is 25.7 Å². The minimum Gasteiger partial charge on any atom is -0.342 e. The Morgan fingerprint density at radius 2 is 2.10 bits per heavy atom. The number of carbonyl (C=O) groups excluding carboxylic acids is 1. The second-order valence-electron chi connectivity index (χ2n) is 8.62. The summed E-state index contributed by atoms with van der Waals surface area (Å²) in [4.78, 5) is 38.8. The summed E-state index contributed by atoms with van der Waals surface area (Å²) in [5.41, 5.74) is 1.86. The molecule has 6 nitrogen and oxygen atoms in total. The van der Waals surface area contributed by atoms with Crippen molar-refractivity contribution in [1.29, 1.82) is 0 Å². The zero-order valence-corrected chi connectivity index (χ0v) is 17.5. The molecule has 2 fully saturated rings. The Bertz CT molecular complexity index is 933. The third-order valence-corrected chi connectivity index (χ3v) is 7.67. The number of rotatable bonds is 4. The second kappa shape index (κ2) is 8.03. The van der Waals surface area contributed by atoms with Crippen molar-refractivity contribution in [2.75, 3.05) is 19.6 Å². The minimum atomic E-state index is 0.0273. The van der Waals surface area contributed by atoms with E-state index >= 15 is 0 Å². The first-order chi connectivity index (χ1) is 14.2. The number of nitrogens with zero attached hydrogens (tertiary/aromatic N) is 3. The first kappa shape index (κ1) is 19.0. The third kappa shape index (κ3) is 3.90.